The molecule has 1 aromatic carbocycles. The SMILES string of the molecule is COC(=O)c1cc(Br)c2c(c1)nc1n2C[C@@H](O[Si](C)(C)C(C)(C)C)CC1. The van der Waals surface area contributed by atoms with Crippen LogP contribution in [0.15, 0.2) is 16.6 Å². The average molecular weight is 439 g/mol. The Hall–Kier alpha value is -1.18. The lowest BCUT2D eigenvalue weighted by molar-refractivity contribution is 0.0601. The molecule has 0 fully saturated rings. The topological polar surface area (TPSA) is 53.3 Å². The maximum Gasteiger partial charge on any atom is 0.337 e. The monoisotopic (exact) mass is 438 g/mol. The largest absolute Gasteiger partial charge is 0.465 e. The van der Waals surface area contributed by atoms with E-state index in [-0.39, 0.29) is 17.1 Å². The van der Waals surface area contributed by atoms with Gasteiger partial charge in [-0.05, 0) is 52.6 Å². The third-order valence-electron chi connectivity index (χ3n) is 5.64. The van der Waals surface area contributed by atoms with Crippen LogP contribution < -0.4 is 0 Å². The Morgan fingerprint density at radius 2 is 2.04 bits per heavy atom. The van der Waals surface area contributed by atoms with Crippen LogP contribution in [0.3, 0.4) is 0 Å². The molecule has 0 spiro atoms. The van der Waals surface area contributed by atoms with Crippen molar-refractivity contribution in [2.45, 2.75) is 64.4 Å². The number of benzene rings is 1. The van der Waals surface area contributed by atoms with E-state index < -0.39 is 8.32 Å². The van der Waals surface area contributed by atoms with Gasteiger partial charge in [-0.15, -0.1) is 0 Å². The average Bonchev–Trinajstić information content (AvgIpc) is 2.90. The second kappa shape index (κ2) is 6.76. The fourth-order valence-corrected chi connectivity index (χ4v) is 5.21. The molecule has 1 aliphatic heterocycles. The molecule has 0 saturated heterocycles. The second-order valence-electron chi connectivity index (χ2n) is 8.49. The summed E-state index contributed by atoms with van der Waals surface area (Å²) in [5.74, 6) is 0.704. The zero-order chi connectivity index (χ0) is 19.3. The fraction of sp³-hybridized carbons (Fsp3) is 0.579. The molecule has 5 nitrogen and oxygen atoms in total. The van der Waals surface area contributed by atoms with Gasteiger partial charge in [-0.2, -0.15) is 0 Å². The minimum atomic E-state index is -1.81. The molecule has 1 aliphatic rings. The summed E-state index contributed by atoms with van der Waals surface area (Å²) < 4.78 is 14.6. The summed E-state index contributed by atoms with van der Waals surface area (Å²) in [5, 5.41) is 0.195. The number of aryl methyl sites for hydroxylation is 1. The van der Waals surface area contributed by atoms with Gasteiger partial charge in [0.2, 0.25) is 0 Å². The normalized spacial score (nSPS) is 18.0. The molecule has 3 rings (SSSR count). The summed E-state index contributed by atoms with van der Waals surface area (Å²) in [7, 11) is -0.419. The standard InChI is InChI=1S/C19H27BrN2O3Si/c1-19(2,3)26(5,6)25-13-7-8-16-21-15-10-12(18(23)24-4)9-14(20)17(15)22(16)11-13/h9-10,13H,7-8,11H2,1-6H3/t13-/m0/s1. The van der Waals surface area contributed by atoms with Crippen molar-refractivity contribution in [1.29, 1.82) is 0 Å². The molecular weight excluding hydrogens is 412 g/mol. The van der Waals surface area contributed by atoms with Gasteiger partial charge in [0.1, 0.15) is 5.82 Å². The van der Waals surface area contributed by atoms with Crippen molar-refractivity contribution < 1.29 is 14.0 Å². The fourth-order valence-electron chi connectivity index (χ4n) is 3.16. The summed E-state index contributed by atoms with van der Waals surface area (Å²) in [4.78, 5) is 16.6. The number of aromatic nitrogens is 2. The van der Waals surface area contributed by atoms with E-state index in [1.165, 1.54) is 7.11 Å². The molecule has 0 aliphatic carbocycles. The molecule has 0 amide bonds. The number of nitrogens with zero attached hydrogens (tertiary/aromatic N) is 2. The van der Waals surface area contributed by atoms with Gasteiger partial charge in [-0.1, -0.05) is 20.8 Å². The Morgan fingerprint density at radius 3 is 2.65 bits per heavy atom. The zero-order valence-electron chi connectivity index (χ0n) is 16.4. The first-order chi connectivity index (χ1) is 12.0. The molecule has 2 aromatic rings. The predicted octanol–water partition coefficient (Wildman–Crippen LogP) is 4.92. The van der Waals surface area contributed by atoms with Crippen LogP contribution in [-0.2, 0) is 22.1 Å². The summed E-state index contributed by atoms with van der Waals surface area (Å²) in [6.07, 6.45) is 2.07. The van der Waals surface area contributed by atoms with Crippen LogP contribution in [0.25, 0.3) is 11.0 Å². The Bertz CT molecular complexity index is 855. The molecule has 1 aromatic heterocycles. The van der Waals surface area contributed by atoms with Crippen LogP contribution >= 0.6 is 15.9 Å². The van der Waals surface area contributed by atoms with E-state index in [0.29, 0.717) is 5.56 Å². The summed E-state index contributed by atoms with van der Waals surface area (Å²) in [6, 6.07) is 3.61. The lowest BCUT2D eigenvalue weighted by Gasteiger charge is -2.40. The van der Waals surface area contributed by atoms with Crippen LogP contribution in [0.5, 0.6) is 0 Å². The van der Waals surface area contributed by atoms with Crippen LogP contribution in [-0.4, -0.2) is 37.1 Å². The van der Waals surface area contributed by atoms with Gasteiger partial charge in [0.25, 0.3) is 0 Å². The van der Waals surface area contributed by atoms with Crippen molar-refractivity contribution in [2.75, 3.05) is 7.11 Å². The maximum absolute atomic E-state index is 11.9. The molecular formula is C19H27BrN2O3Si. The number of halogens is 1. The van der Waals surface area contributed by atoms with Crippen LogP contribution in [0.1, 0.15) is 43.4 Å². The molecule has 1 atom stereocenters. The molecule has 0 unspecified atom stereocenters. The third-order valence-corrected chi connectivity index (χ3v) is 10.8. The minimum Gasteiger partial charge on any atom is -0.465 e. The number of ether oxygens (including phenoxy) is 1. The Balaban J connectivity index is 1.94. The molecule has 26 heavy (non-hydrogen) atoms. The highest BCUT2D eigenvalue weighted by molar-refractivity contribution is 9.10. The Morgan fingerprint density at radius 1 is 1.35 bits per heavy atom. The van der Waals surface area contributed by atoms with Gasteiger partial charge in [0.05, 0.1) is 29.8 Å². The quantitative estimate of drug-likeness (QED) is 0.503. The summed E-state index contributed by atoms with van der Waals surface area (Å²) in [5.41, 5.74) is 2.36. The molecule has 142 valence electrons. The molecule has 0 bridgehead atoms. The number of carbonyl (C=O) groups is 1. The van der Waals surface area contributed by atoms with Crippen LogP contribution in [0, 0.1) is 0 Å². The maximum atomic E-state index is 11.9. The number of hydrogen-bond donors (Lipinski definition) is 0. The van der Waals surface area contributed by atoms with E-state index in [4.69, 9.17) is 14.1 Å². The van der Waals surface area contributed by atoms with Gasteiger partial charge in [-0.25, -0.2) is 9.78 Å². The predicted molar refractivity (Wildman–Crippen MR) is 109 cm³/mol. The van der Waals surface area contributed by atoms with Crippen molar-refractivity contribution in [3.8, 4) is 0 Å². The summed E-state index contributed by atoms with van der Waals surface area (Å²) in [6.45, 7) is 12.2. The van der Waals surface area contributed by atoms with Crippen molar-refractivity contribution in [1.82, 2.24) is 9.55 Å². The van der Waals surface area contributed by atoms with Gasteiger partial charge in [-0.3, -0.25) is 0 Å². The highest BCUT2D eigenvalue weighted by Crippen LogP contribution is 2.39. The smallest absolute Gasteiger partial charge is 0.337 e. The second-order valence-corrected chi connectivity index (χ2v) is 14.1. The Labute approximate surface area is 164 Å². The number of hydrogen-bond acceptors (Lipinski definition) is 4. The number of esters is 1. The van der Waals surface area contributed by atoms with Crippen molar-refractivity contribution >= 4 is 41.3 Å². The highest BCUT2D eigenvalue weighted by Gasteiger charge is 2.40. The first-order valence-corrected chi connectivity index (χ1v) is 12.7. The number of imidazole rings is 1. The zero-order valence-corrected chi connectivity index (χ0v) is 18.9. The molecule has 7 heteroatoms. The van der Waals surface area contributed by atoms with Crippen molar-refractivity contribution in [2.24, 2.45) is 0 Å². The van der Waals surface area contributed by atoms with Crippen molar-refractivity contribution in [3.63, 3.8) is 0 Å². The first-order valence-electron chi connectivity index (χ1n) is 8.98. The molecule has 0 radical (unpaired) electrons. The lowest BCUT2D eigenvalue weighted by atomic mass is 10.1. The van der Waals surface area contributed by atoms with Gasteiger partial charge in [0.15, 0.2) is 8.32 Å². The van der Waals surface area contributed by atoms with E-state index >= 15 is 0 Å². The van der Waals surface area contributed by atoms with E-state index in [9.17, 15) is 4.79 Å². The van der Waals surface area contributed by atoms with Gasteiger partial charge >= 0.3 is 5.97 Å². The lowest BCUT2D eigenvalue weighted by Crippen LogP contribution is -2.46. The number of methoxy groups -OCH3 is 1. The van der Waals surface area contributed by atoms with Crippen LogP contribution in [0.4, 0.5) is 0 Å². The van der Waals surface area contributed by atoms with E-state index in [2.05, 4.69) is 54.4 Å². The first kappa shape index (κ1) is 19.6. The van der Waals surface area contributed by atoms with Crippen molar-refractivity contribution in [3.05, 3.63) is 28.0 Å². The van der Waals surface area contributed by atoms with E-state index in [0.717, 1.165) is 40.7 Å². The highest BCUT2D eigenvalue weighted by atomic mass is 79.9. The van der Waals surface area contributed by atoms with E-state index in [1.54, 1.807) is 12.1 Å². The van der Waals surface area contributed by atoms with Gasteiger partial charge < -0.3 is 13.7 Å². The molecule has 0 N–H and O–H groups in total. The van der Waals surface area contributed by atoms with Gasteiger partial charge in [0, 0.05) is 17.4 Å². The summed E-state index contributed by atoms with van der Waals surface area (Å²) >= 11 is 3.62. The molecule has 0 saturated carbocycles. The van der Waals surface area contributed by atoms with E-state index in [1.807, 2.05) is 0 Å². The Kier molecular flexibility index (Phi) is 5.09. The number of fused-ring (bicyclic) bond motifs is 3. The number of rotatable bonds is 3. The number of carbonyl (C=O) groups excluding carboxylic acids is 1. The third kappa shape index (κ3) is 3.49. The van der Waals surface area contributed by atoms with Crippen LogP contribution in [0.2, 0.25) is 18.1 Å². The minimum absolute atomic E-state index is 0.195. The molecule has 2 heterocycles.